The Labute approximate surface area is 192 Å². The molecule has 1 atom stereocenters. The normalized spacial score (nSPS) is 15.1. The Morgan fingerprint density at radius 1 is 0.906 bits per heavy atom. The third-order valence-electron chi connectivity index (χ3n) is 5.68. The van der Waals surface area contributed by atoms with Gasteiger partial charge in [-0.25, -0.2) is 4.98 Å². The molecule has 5 rings (SSSR count). The standard InChI is InChI=1S/C26H25N3O2S/c30-24(28-15-17-31-18-16-28)19-29-23-14-8-7-13-22(23)27-26(29)25(20-9-3-1-4-10-20)32-21-11-5-2-6-12-21/h1-14,25H,15-19H2. The molecule has 1 unspecified atom stereocenters. The Hall–Kier alpha value is -3.09. The fraction of sp³-hybridized carbons (Fsp3) is 0.231. The van der Waals surface area contributed by atoms with E-state index >= 15 is 0 Å². The van der Waals surface area contributed by atoms with Crippen LogP contribution in [0.15, 0.2) is 89.8 Å². The largest absolute Gasteiger partial charge is 0.378 e. The minimum absolute atomic E-state index is 0.0384. The van der Waals surface area contributed by atoms with Crippen molar-refractivity contribution in [3.8, 4) is 0 Å². The van der Waals surface area contributed by atoms with Crippen LogP contribution in [-0.4, -0.2) is 46.7 Å². The number of benzene rings is 3. The molecule has 1 aromatic heterocycles. The summed E-state index contributed by atoms with van der Waals surface area (Å²) in [6.45, 7) is 2.75. The van der Waals surface area contributed by atoms with Crippen LogP contribution in [0, 0.1) is 0 Å². The van der Waals surface area contributed by atoms with Gasteiger partial charge < -0.3 is 14.2 Å². The zero-order valence-electron chi connectivity index (χ0n) is 17.8. The predicted octanol–water partition coefficient (Wildman–Crippen LogP) is 4.78. The van der Waals surface area contributed by atoms with Crippen LogP contribution in [0.1, 0.15) is 16.6 Å². The number of hydrogen-bond donors (Lipinski definition) is 0. The molecule has 0 spiro atoms. The maximum atomic E-state index is 13.2. The van der Waals surface area contributed by atoms with E-state index in [1.807, 2.05) is 41.3 Å². The Morgan fingerprint density at radius 2 is 1.56 bits per heavy atom. The number of carbonyl (C=O) groups is 1. The second-order valence-corrected chi connectivity index (χ2v) is 8.94. The summed E-state index contributed by atoms with van der Waals surface area (Å²) < 4.78 is 7.52. The SMILES string of the molecule is O=C(Cn1c(C(Sc2ccccc2)c2ccccc2)nc2ccccc21)N1CCOCC1. The van der Waals surface area contributed by atoms with E-state index in [0.717, 1.165) is 22.4 Å². The number of ether oxygens (including phenoxy) is 1. The number of nitrogens with zero attached hydrogens (tertiary/aromatic N) is 3. The topological polar surface area (TPSA) is 47.4 Å². The van der Waals surface area contributed by atoms with Crippen LogP contribution < -0.4 is 0 Å². The van der Waals surface area contributed by atoms with Gasteiger partial charge in [-0.2, -0.15) is 0 Å². The minimum atomic E-state index is -0.0384. The van der Waals surface area contributed by atoms with Gasteiger partial charge in [-0.3, -0.25) is 4.79 Å². The van der Waals surface area contributed by atoms with Crippen LogP contribution in [-0.2, 0) is 16.1 Å². The molecule has 32 heavy (non-hydrogen) atoms. The van der Waals surface area contributed by atoms with Crippen LogP contribution in [0.3, 0.4) is 0 Å². The number of hydrogen-bond acceptors (Lipinski definition) is 4. The number of aromatic nitrogens is 2. The summed E-state index contributed by atoms with van der Waals surface area (Å²) in [5.74, 6) is 1.00. The van der Waals surface area contributed by atoms with Crippen molar-refractivity contribution in [3.05, 3.63) is 96.3 Å². The van der Waals surface area contributed by atoms with E-state index in [-0.39, 0.29) is 17.7 Å². The van der Waals surface area contributed by atoms with E-state index in [0.29, 0.717) is 26.3 Å². The predicted molar refractivity (Wildman–Crippen MR) is 128 cm³/mol. The molecule has 0 aliphatic carbocycles. The highest BCUT2D eigenvalue weighted by atomic mass is 32.2. The van der Waals surface area contributed by atoms with Crippen molar-refractivity contribution in [1.29, 1.82) is 0 Å². The van der Waals surface area contributed by atoms with E-state index in [1.54, 1.807) is 11.8 Å². The molecule has 6 heteroatoms. The average Bonchev–Trinajstić information content (AvgIpc) is 3.22. The first-order valence-electron chi connectivity index (χ1n) is 10.9. The molecule has 0 radical (unpaired) electrons. The Bertz CT molecular complexity index is 1190. The maximum Gasteiger partial charge on any atom is 0.242 e. The van der Waals surface area contributed by atoms with Gasteiger partial charge in [-0.05, 0) is 29.8 Å². The number of fused-ring (bicyclic) bond motifs is 1. The van der Waals surface area contributed by atoms with Gasteiger partial charge in [0.2, 0.25) is 5.91 Å². The third-order valence-corrected chi connectivity index (χ3v) is 6.94. The summed E-state index contributed by atoms with van der Waals surface area (Å²) in [4.78, 5) is 21.3. The van der Waals surface area contributed by atoms with Crippen LogP contribution in [0.25, 0.3) is 11.0 Å². The molecule has 5 nitrogen and oxygen atoms in total. The maximum absolute atomic E-state index is 13.2. The molecule has 1 aliphatic rings. The smallest absolute Gasteiger partial charge is 0.242 e. The molecule has 1 fully saturated rings. The molecule has 0 saturated carbocycles. The van der Waals surface area contributed by atoms with Gasteiger partial charge >= 0.3 is 0 Å². The zero-order chi connectivity index (χ0) is 21.8. The molecule has 1 saturated heterocycles. The highest BCUT2D eigenvalue weighted by Gasteiger charge is 2.26. The Morgan fingerprint density at radius 3 is 2.31 bits per heavy atom. The number of amides is 1. The first-order chi connectivity index (χ1) is 15.8. The molecule has 0 bridgehead atoms. The number of imidazole rings is 1. The van der Waals surface area contributed by atoms with Crippen molar-refractivity contribution in [2.45, 2.75) is 16.7 Å². The van der Waals surface area contributed by atoms with E-state index in [4.69, 9.17) is 9.72 Å². The second kappa shape index (κ2) is 9.59. The summed E-state index contributed by atoms with van der Waals surface area (Å²) in [7, 11) is 0. The average molecular weight is 444 g/mol. The van der Waals surface area contributed by atoms with Crippen molar-refractivity contribution in [2.24, 2.45) is 0 Å². The molecular weight excluding hydrogens is 418 g/mol. The first kappa shape index (κ1) is 20.8. The molecule has 3 aromatic carbocycles. The van der Waals surface area contributed by atoms with Crippen molar-refractivity contribution in [1.82, 2.24) is 14.5 Å². The minimum Gasteiger partial charge on any atom is -0.378 e. The number of carbonyl (C=O) groups excluding carboxylic acids is 1. The summed E-state index contributed by atoms with van der Waals surface area (Å²) in [6.07, 6.45) is 0. The van der Waals surface area contributed by atoms with Gasteiger partial charge in [-0.1, -0.05) is 60.7 Å². The summed E-state index contributed by atoms with van der Waals surface area (Å²) in [6, 6.07) is 28.8. The lowest BCUT2D eigenvalue weighted by molar-refractivity contribution is -0.135. The zero-order valence-corrected chi connectivity index (χ0v) is 18.6. The van der Waals surface area contributed by atoms with Crippen LogP contribution >= 0.6 is 11.8 Å². The van der Waals surface area contributed by atoms with Crippen molar-refractivity contribution in [3.63, 3.8) is 0 Å². The van der Waals surface area contributed by atoms with Crippen LogP contribution in [0.2, 0.25) is 0 Å². The Balaban J connectivity index is 1.58. The fourth-order valence-electron chi connectivity index (χ4n) is 4.04. The number of thioether (sulfide) groups is 1. The lowest BCUT2D eigenvalue weighted by Crippen LogP contribution is -2.42. The first-order valence-corrected chi connectivity index (χ1v) is 11.7. The highest BCUT2D eigenvalue weighted by molar-refractivity contribution is 7.99. The van der Waals surface area contributed by atoms with Gasteiger partial charge in [0.1, 0.15) is 12.4 Å². The molecule has 1 amide bonds. The van der Waals surface area contributed by atoms with Crippen molar-refractivity contribution < 1.29 is 9.53 Å². The van der Waals surface area contributed by atoms with E-state index in [9.17, 15) is 4.79 Å². The molecule has 2 heterocycles. The van der Waals surface area contributed by atoms with Gasteiger partial charge in [0.15, 0.2) is 0 Å². The summed E-state index contributed by atoms with van der Waals surface area (Å²) in [5, 5.41) is -0.0384. The van der Waals surface area contributed by atoms with Crippen molar-refractivity contribution in [2.75, 3.05) is 26.3 Å². The molecule has 4 aromatic rings. The van der Waals surface area contributed by atoms with Gasteiger partial charge in [0.25, 0.3) is 0 Å². The second-order valence-electron chi connectivity index (χ2n) is 7.76. The monoisotopic (exact) mass is 443 g/mol. The fourth-order valence-corrected chi connectivity index (χ4v) is 5.21. The van der Waals surface area contributed by atoms with Gasteiger partial charge in [-0.15, -0.1) is 11.8 Å². The quantitative estimate of drug-likeness (QED) is 0.403. The number of para-hydroxylation sites is 2. The number of morpholine rings is 1. The molecule has 1 aliphatic heterocycles. The van der Waals surface area contributed by atoms with Gasteiger partial charge in [0.05, 0.1) is 29.5 Å². The van der Waals surface area contributed by atoms with Crippen molar-refractivity contribution >= 4 is 28.7 Å². The van der Waals surface area contributed by atoms with Gasteiger partial charge in [0, 0.05) is 18.0 Å². The molecule has 162 valence electrons. The highest BCUT2D eigenvalue weighted by Crippen LogP contribution is 2.41. The molecular formula is C26H25N3O2S. The lowest BCUT2D eigenvalue weighted by Gasteiger charge is -2.27. The van der Waals surface area contributed by atoms with Crippen LogP contribution in [0.4, 0.5) is 0 Å². The summed E-state index contributed by atoms with van der Waals surface area (Å²) in [5.41, 5.74) is 3.06. The summed E-state index contributed by atoms with van der Waals surface area (Å²) >= 11 is 1.76. The van der Waals surface area contributed by atoms with E-state index < -0.39 is 0 Å². The molecule has 0 N–H and O–H groups in total. The lowest BCUT2D eigenvalue weighted by atomic mass is 10.1. The third kappa shape index (κ3) is 4.42. The number of rotatable bonds is 6. The van der Waals surface area contributed by atoms with Crippen LogP contribution in [0.5, 0.6) is 0 Å². The van der Waals surface area contributed by atoms with E-state index in [1.165, 1.54) is 4.90 Å². The van der Waals surface area contributed by atoms with E-state index in [2.05, 4.69) is 53.1 Å². The Kier molecular flexibility index (Phi) is 6.23.